The maximum atomic E-state index is 13.7. The SMILES string of the molecule is COCc1c(F)ccc(C(C)C(=O)O)c1F. The van der Waals surface area contributed by atoms with E-state index >= 15 is 0 Å². The molecule has 1 aromatic carbocycles. The van der Waals surface area contributed by atoms with Crippen LogP contribution in [-0.4, -0.2) is 18.2 Å². The van der Waals surface area contributed by atoms with Crippen molar-refractivity contribution in [1.82, 2.24) is 0 Å². The van der Waals surface area contributed by atoms with Crippen molar-refractivity contribution in [3.8, 4) is 0 Å². The molecule has 0 saturated heterocycles. The van der Waals surface area contributed by atoms with Gasteiger partial charge in [0.25, 0.3) is 0 Å². The fraction of sp³-hybridized carbons (Fsp3) is 0.364. The highest BCUT2D eigenvalue weighted by atomic mass is 19.1. The molecule has 0 saturated carbocycles. The molecular formula is C11H12F2O3. The number of carboxylic acids is 1. The zero-order valence-electron chi connectivity index (χ0n) is 8.96. The van der Waals surface area contributed by atoms with Gasteiger partial charge in [0, 0.05) is 18.2 Å². The van der Waals surface area contributed by atoms with Crippen LogP contribution in [-0.2, 0) is 16.1 Å². The second kappa shape index (κ2) is 5.03. The Bertz CT molecular complexity index is 404. The molecule has 1 rings (SSSR count). The number of halogens is 2. The first-order valence-electron chi connectivity index (χ1n) is 4.67. The summed E-state index contributed by atoms with van der Waals surface area (Å²) in [5, 5.41) is 8.76. The molecule has 0 aliphatic rings. The summed E-state index contributed by atoms with van der Waals surface area (Å²) in [6.45, 7) is 1.12. The molecule has 1 N–H and O–H groups in total. The van der Waals surface area contributed by atoms with E-state index in [0.717, 1.165) is 12.1 Å². The smallest absolute Gasteiger partial charge is 0.310 e. The number of rotatable bonds is 4. The Kier molecular flexibility index (Phi) is 3.95. The molecular weight excluding hydrogens is 218 g/mol. The lowest BCUT2D eigenvalue weighted by Crippen LogP contribution is -2.12. The van der Waals surface area contributed by atoms with Gasteiger partial charge >= 0.3 is 5.97 Å². The summed E-state index contributed by atoms with van der Waals surface area (Å²) in [5.74, 6) is -3.76. The summed E-state index contributed by atoms with van der Waals surface area (Å²) in [6.07, 6.45) is 0. The topological polar surface area (TPSA) is 46.5 Å². The van der Waals surface area contributed by atoms with Crippen molar-refractivity contribution in [3.05, 3.63) is 34.9 Å². The number of methoxy groups -OCH3 is 1. The molecule has 1 atom stereocenters. The van der Waals surface area contributed by atoms with Crippen LogP contribution in [0, 0.1) is 11.6 Å². The minimum atomic E-state index is -1.16. The fourth-order valence-electron chi connectivity index (χ4n) is 1.36. The van der Waals surface area contributed by atoms with Crippen LogP contribution in [0.2, 0.25) is 0 Å². The van der Waals surface area contributed by atoms with Crippen LogP contribution in [0.4, 0.5) is 8.78 Å². The quantitative estimate of drug-likeness (QED) is 0.863. The van der Waals surface area contributed by atoms with Crippen LogP contribution in [0.5, 0.6) is 0 Å². The lowest BCUT2D eigenvalue weighted by molar-refractivity contribution is -0.138. The highest BCUT2D eigenvalue weighted by Crippen LogP contribution is 2.24. The zero-order valence-corrected chi connectivity index (χ0v) is 8.96. The molecule has 0 aromatic heterocycles. The van der Waals surface area contributed by atoms with Crippen molar-refractivity contribution < 1.29 is 23.4 Å². The molecule has 1 unspecified atom stereocenters. The summed E-state index contributed by atoms with van der Waals surface area (Å²) in [7, 11) is 1.31. The van der Waals surface area contributed by atoms with Crippen molar-refractivity contribution in [3.63, 3.8) is 0 Å². The number of benzene rings is 1. The van der Waals surface area contributed by atoms with E-state index in [0.29, 0.717) is 0 Å². The molecule has 0 fully saturated rings. The molecule has 0 spiro atoms. The van der Waals surface area contributed by atoms with Gasteiger partial charge in [0.05, 0.1) is 12.5 Å². The largest absolute Gasteiger partial charge is 0.481 e. The molecule has 3 nitrogen and oxygen atoms in total. The number of ether oxygens (including phenoxy) is 1. The van der Waals surface area contributed by atoms with Gasteiger partial charge in [-0.1, -0.05) is 6.07 Å². The van der Waals surface area contributed by atoms with Gasteiger partial charge in [0.15, 0.2) is 0 Å². The van der Waals surface area contributed by atoms with Crippen molar-refractivity contribution in [2.75, 3.05) is 7.11 Å². The second-order valence-corrected chi connectivity index (χ2v) is 3.42. The Labute approximate surface area is 91.7 Å². The molecule has 0 aliphatic heterocycles. The van der Waals surface area contributed by atoms with Gasteiger partial charge < -0.3 is 9.84 Å². The molecule has 0 amide bonds. The van der Waals surface area contributed by atoms with Gasteiger partial charge in [-0.3, -0.25) is 4.79 Å². The van der Waals surface area contributed by atoms with Crippen LogP contribution >= 0.6 is 0 Å². The number of carbonyl (C=O) groups is 1. The first-order chi connectivity index (χ1) is 7.49. The predicted octanol–water partition coefficient (Wildman–Crippen LogP) is 2.30. The second-order valence-electron chi connectivity index (χ2n) is 3.42. The summed E-state index contributed by atoms with van der Waals surface area (Å²) in [5.41, 5.74) is -0.283. The van der Waals surface area contributed by atoms with E-state index in [1.165, 1.54) is 14.0 Å². The minimum Gasteiger partial charge on any atom is -0.481 e. The Morgan fingerprint density at radius 2 is 2.12 bits per heavy atom. The molecule has 5 heteroatoms. The Balaban J connectivity index is 3.22. The minimum absolute atomic E-state index is 0.0408. The number of hydrogen-bond acceptors (Lipinski definition) is 2. The van der Waals surface area contributed by atoms with Crippen molar-refractivity contribution >= 4 is 5.97 Å². The van der Waals surface area contributed by atoms with E-state index in [1.807, 2.05) is 0 Å². The molecule has 0 aliphatic carbocycles. The number of carboxylic acid groups (broad SMARTS) is 1. The fourth-order valence-corrected chi connectivity index (χ4v) is 1.36. The van der Waals surface area contributed by atoms with Gasteiger partial charge in [-0.2, -0.15) is 0 Å². The molecule has 0 heterocycles. The van der Waals surface area contributed by atoms with Crippen molar-refractivity contribution in [2.24, 2.45) is 0 Å². The number of hydrogen-bond donors (Lipinski definition) is 1. The average Bonchev–Trinajstić information content (AvgIpc) is 2.23. The maximum Gasteiger partial charge on any atom is 0.310 e. The third kappa shape index (κ3) is 2.36. The van der Waals surface area contributed by atoms with E-state index in [1.54, 1.807) is 0 Å². The summed E-state index contributed by atoms with van der Waals surface area (Å²) in [4.78, 5) is 10.7. The lowest BCUT2D eigenvalue weighted by Gasteiger charge is -2.11. The molecule has 88 valence electrons. The van der Waals surface area contributed by atoms with Crippen molar-refractivity contribution in [1.29, 1.82) is 0 Å². The third-order valence-corrected chi connectivity index (χ3v) is 2.34. The zero-order chi connectivity index (χ0) is 12.3. The highest BCUT2D eigenvalue weighted by Gasteiger charge is 2.21. The normalized spacial score (nSPS) is 12.5. The van der Waals surface area contributed by atoms with E-state index < -0.39 is 23.5 Å². The van der Waals surface area contributed by atoms with Crippen LogP contribution < -0.4 is 0 Å². The van der Waals surface area contributed by atoms with Crippen LogP contribution in [0.1, 0.15) is 24.0 Å². The van der Waals surface area contributed by atoms with Gasteiger partial charge in [0.2, 0.25) is 0 Å². The summed E-state index contributed by atoms with van der Waals surface area (Å²) < 4.78 is 31.6. The van der Waals surface area contributed by atoms with Gasteiger partial charge in [0.1, 0.15) is 11.6 Å². The first kappa shape index (κ1) is 12.6. The lowest BCUT2D eigenvalue weighted by atomic mass is 9.98. The standard InChI is InChI=1S/C11H12F2O3/c1-6(11(14)15)7-3-4-9(12)8(5-16-2)10(7)13/h3-4,6H,5H2,1-2H3,(H,14,15). The van der Waals surface area contributed by atoms with E-state index in [-0.39, 0.29) is 17.7 Å². The van der Waals surface area contributed by atoms with E-state index in [2.05, 4.69) is 4.74 Å². The molecule has 0 radical (unpaired) electrons. The molecule has 1 aromatic rings. The monoisotopic (exact) mass is 230 g/mol. The van der Waals surface area contributed by atoms with Crippen molar-refractivity contribution in [2.45, 2.75) is 19.4 Å². The van der Waals surface area contributed by atoms with Crippen LogP contribution in [0.15, 0.2) is 12.1 Å². The van der Waals surface area contributed by atoms with Gasteiger partial charge in [-0.15, -0.1) is 0 Å². The summed E-state index contributed by atoms with van der Waals surface area (Å²) in [6, 6.07) is 2.19. The molecule has 0 bridgehead atoms. The summed E-state index contributed by atoms with van der Waals surface area (Å²) >= 11 is 0. The Morgan fingerprint density at radius 3 is 2.62 bits per heavy atom. The first-order valence-corrected chi connectivity index (χ1v) is 4.67. The third-order valence-electron chi connectivity index (χ3n) is 2.34. The predicted molar refractivity (Wildman–Crippen MR) is 53.1 cm³/mol. The Morgan fingerprint density at radius 1 is 1.50 bits per heavy atom. The molecule has 16 heavy (non-hydrogen) atoms. The van der Waals surface area contributed by atoms with E-state index in [4.69, 9.17) is 5.11 Å². The van der Waals surface area contributed by atoms with Gasteiger partial charge in [-0.25, -0.2) is 8.78 Å². The highest BCUT2D eigenvalue weighted by molar-refractivity contribution is 5.75. The van der Waals surface area contributed by atoms with Crippen LogP contribution in [0.25, 0.3) is 0 Å². The van der Waals surface area contributed by atoms with Gasteiger partial charge in [-0.05, 0) is 13.0 Å². The van der Waals surface area contributed by atoms with E-state index in [9.17, 15) is 13.6 Å². The number of aliphatic carboxylic acids is 1. The van der Waals surface area contributed by atoms with Crippen LogP contribution in [0.3, 0.4) is 0 Å². The Hall–Kier alpha value is -1.49. The maximum absolute atomic E-state index is 13.7. The average molecular weight is 230 g/mol.